The number of carbonyl (C=O) groups excluding carboxylic acids is 2. The molecular weight excluding hydrogens is 298 g/mol. The molecule has 4 rings (SSSR count). The Morgan fingerprint density at radius 2 is 1.96 bits per heavy atom. The van der Waals surface area contributed by atoms with Crippen molar-refractivity contribution in [2.24, 2.45) is 5.92 Å². The predicted molar refractivity (Wildman–Crippen MR) is 81.4 cm³/mol. The number of hydrogen-bond acceptors (Lipinski definition) is 5. The van der Waals surface area contributed by atoms with Crippen molar-refractivity contribution >= 4 is 17.6 Å². The van der Waals surface area contributed by atoms with Gasteiger partial charge in [-0.15, -0.1) is 0 Å². The zero-order valence-corrected chi connectivity index (χ0v) is 12.8. The normalized spacial score (nSPS) is 23.6. The summed E-state index contributed by atoms with van der Waals surface area (Å²) in [4.78, 5) is 26.2. The topological polar surface area (TPSA) is 65.1 Å². The van der Waals surface area contributed by atoms with Gasteiger partial charge in [-0.25, -0.2) is 0 Å². The molecule has 0 bridgehead atoms. The maximum absolute atomic E-state index is 12.3. The summed E-state index contributed by atoms with van der Waals surface area (Å²) in [7, 11) is 0. The summed E-state index contributed by atoms with van der Waals surface area (Å²) in [6.07, 6.45) is 4.36. The molecule has 6 heteroatoms. The van der Waals surface area contributed by atoms with Gasteiger partial charge in [0.25, 0.3) is 0 Å². The highest BCUT2D eigenvalue weighted by Gasteiger charge is 2.37. The smallest absolute Gasteiger partial charge is 0.311 e. The van der Waals surface area contributed by atoms with Crippen LogP contribution in [0.25, 0.3) is 0 Å². The van der Waals surface area contributed by atoms with E-state index in [2.05, 4.69) is 0 Å². The number of fused-ring (bicyclic) bond motifs is 1. The molecule has 6 nitrogen and oxygen atoms in total. The highest BCUT2D eigenvalue weighted by atomic mass is 16.7. The number of benzene rings is 1. The van der Waals surface area contributed by atoms with Gasteiger partial charge in [-0.2, -0.15) is 0 Å². The number of rotatable bonds is 3. The third-order valence-corrected chi connectivity index (χ3v) is 4.71. The Labute approximate surface area is 134 Å². The van der Waals surface area contributed by atoms with Crippen molar-refractivity contribution in [3.05, 3.63) is 18.2 Å². The molecule has 1 atom stereocenters. The van der Waals surface area contributed by atoms with Crippen LogP contribution >= 0.6 is 0 Å². The molecule has 23 heavy (non-hydrogen) atoms. The van der Waals surface area contributed by atoms with Crippen molar-refractivity contribution in [3.8, 4) is 11.5 Å². The minimum Gasteiger partial charge on any atom is -0.462 e. The van der Waals surface area contributed by atoms with Crippen LogP contribution in [0.4, 0.5) is 5.69 Å². The summed E-state index contributed by atoms with van der Waals surface area (Å²) in [5.74, 6) is 0.629. The van der Waals surface area contributed by atoms with Crippen LogP contribution in [0.3, 0.4) is 0 Å². The van der Waals surface area contributed by atoms with E-state index in [0.717, 1.165) is 31.4 Å². The number of carbonyl (C=O) groups is 2. The zero-order valence-electron chi connectivity index (χ0n) is 12.8. The zero-order chi connectivity index (χ0) is 15.8. The monoisotopic (exact) mass is 317 g/mol. The maximum atomic E-state index is 12.3. The number of ether oxygens (including phenoxy) is 3. The third-order valence-electron chi connectivity index (χ3n) is 4.71. The van der Waals surface area contributed by atoms with E-state index < -0.39 is 0 Å². The first kappa shape index (κ1) is 14.4. The van der Waals surface area contributed by atoms with Gasteiger partial charge in [-0.3, -0.25) is 9.59 Å². The van der Waals surface area contributed by atoms with Gasteiger partial charge in [-0.1, -0.05) is 0 Å². The van der Waals surface area contributed by atoms with Gasteiger partial charge in [0.2, 0.25) is 12.7 Å². The fourth-order valence-corrected chi connectivity index (χ4v) is 3.43. The first-order valence-electron chi connectivity index (χ1n) is 8.11. The quantitative estimate of drug-likeness (QED) is 0.800. The van der Waals surface area contributed by atoms with Crippen molar-refractivity contribution in [3.63, 3.8) is 0 Å². The van der Waals surface area contributed by atoms with Gasteiger partial charge in [0, 0.05) is 24.7 Å². The highest BCUT2D eigenvalue weighted by molar-refractivity contribution is 5.99. The lowest BCUT2D eigenvalue weighted by Gasteiger charge is -2.18. The van der Waals surface area contributed by atoms with Gasteiger partial charge in [0.05, 0.1) is 5.92 Å². The molecule has 2 heterocycles. The van der Waals surface area contributed by atoms with Crippen LogP contribution in [-0.4, -0.2) is 31.3 Å². The average molecular weight is 317 g/mol. The number of amides is 1. The van der Waals surface area contributed by atoms with Crippen LogP contribution in [0.2, 0.25) is 0 Å². The minimum atomic E-state index is -0.381. The van der Waals surface area contributed by atoms with E-state index in [1.165, 1.54) is 0 Å². The third kappa shape index (κ3) is 2.73. The van der Waals surface area contributed by atoms with Crippen LogP contribution in [0.15, 0.2) is 18.2 Å². The molecule has 2 fully saturated rings. The van der Waals surface area contributed by atoms with E-state index >= 15 is 0 Å². The van der Waals surface area contributed by atoms with Crippen LogP contribution in [0.5, 0.6) is 11.5 Å². The Morgan fingerprint density at radius 3 is 2.78 bits per heavy atom. The standard InChI is InChI=1S/C17H19NO5/c19-16-7-11(17(20)23-13-3-1-2-4-13)9-18(16)12-5-6-14-15(8-12)22-10-21-14/h5-6,8,11,13H,1-4,7,9-10H2/t11-/m0/s1. The fraction of sp³-hybridized carbons (Fsp3) is 0.529. The van der Waals surface area contributed by atoms with E-state index in [1.807, 2.05) is 6.07 Å². The lowest BCUT2D eigenvalue weighted by Crippen LogP contribution is -2.27. The molecule has 0 N–H and O–H groups in total. The Morgan fingerprint density at radius 1 is 1.17 bits per heavy atom. The van der Waals surface area contributed by atoms with Gasteiger partial charge in [0.1, 0.15) is 6.10 Å². The van der Waals surface area contributed by atoms with Crippen LogP contribution < -0.4 is 14.4 Å². The lowest BCUT2D eigenvalue weighted by atomic mass is 10.1. The van der Waals surface area contributed by atoms with Crippen LogP contribution in [0.1, 0.15) is 32.1 Å². The Kier molecular flexibility index (Phi) is 3.59. The molecule has 122 valence electrons. The molecule has 1 amide bonds. The van der Waals surface area contributed by atoms with E-state index in [-0.39, 0.29) is 37.1 Å². The second-order valence-electron chi connectivity index (χ2n) is 6.29. The Bertz CT molecular complexity index is 638. The van der Waals surface area contributed by atoms with Crippen molar-refractivity contribution in [1.29, 1.82) is 0 Å². The molecule has 0 spiro atoms. The summed E-state index contributed by atoms with van der Waals surface area (Å²) in [6.45, 7) is 0.563. The first-order chi connectivity index (χ1) is 11.2. The summed E-state index contributed by atoms with van der Waals surface area (Å²) in [6, 6.07) is 5.39. The van der Waals surface area contributed by atoms with E-state index in [9.17, 15) is 9.59 Å². The molecule has 1 aliphatic carbocycles. The average Bonchev–Trinajstić information content (AvgIpc) is 3.26. The second kappa shape index (κ2) is 5.76. The van der Waals surface area contributed by atoms with E-state index in [0.29, 0.717) is 18.0 Å². The minimum absolute atomic E-state index is 0.0391. The molecule has 0 unspecified atom stereocenters. The van der Waals surface area contributed by atoms with Gasteiger partial charge >= 0.3 is 5.97 Å². The molecular formula is C17H19NO5. The molecule has 1 aromatic rings. The molecule has 1 saturated heterocycles. The van der Waals surface area contributed by atoms with E-state index in [4.69, 9.17) is 14.2 Å². The largest absolute Gasteiger partial charge is 0.462 e. The van der Waals surface area contributed by atoms with Gasteiger partial charge < -0.3 is 19.1 Å². The maximum Gasteiger partial charge on any atom is 0.311 e. The van der Waals surface area contributed by atoms with Crippen molar-refractivity contribution < 1.29 is 23.8 Å². The number of anilines is 1. The van der Waals surface area contributed by atoms with Crippen LogP contribution in [0, 0.1) is 5.92 Å². The number of esters is 1. The highest BCUT2D eigenvalue weighted by Crippen LogP contribution is 2.37. The SMILES string of the molecule is O=C(OC1CCCC1)[C@H]1CC(=O)N(c2ccc3c(c2)OCO3)C1. The molecule has 0 radical (unpaired) electrons. The fourth-order valence-electron chi connectivity index (χ4n) is 3.43. The second-order valence-corrected chi connectivity index (χ2v) is 6.29. The molecule has 0 aromatic heterocycles. The molecule has 3 aliphatic rings. The van der Waals surface area contributed by atoms with E-state index in [1.54, 1.807) is 17.0 Å². The Balaban J connectivity index is 1.44. The predicted octanol–water partition coefficient (Wildman–Crippen LogP) is 2.25. The number of nitrogens with zero attached hydrogens (tertiary/aromatic N) is 1. The lowest BCUT2D eigenvalue weighted by molar-refractivity contribution is -0.153. The van der Waals surface area contributed by atoms with Crippen LogP contribution in [-0.2, 0) is 14.3 Å². The first-order valence-corrected chi connectivity index (χ1v) is 8.11. The summed E-state index contributed by atoms with van der Waals surface area (Å²) in [5.41, 5.74) is 0.732. The summed E-state index contributed by atoms with van der Waals surface area (Å²) in [5, 5.41) is 0. The number of hydrogen-bond donors (Lipinski definition) is 0. The molecule has 2 aliphatic heterocycles. The van der Waals surface area contributed by atoms with Crippen molar-refractivity contribution in [1.82, 2.24) is 0 Å². The van der Waals surface area contributed by atoms with Gasteiger partial charge in [0.15, 0.2) is 11.5 Å². The molecule has 1 aromatic carbocycles. The van der Waals surface area contributed by atoms with Crippen molar-refractivity contribution in [2.75, 3.05) is 18.2 Å². The van der Waals surface area contributed by atoms with Crippen molar-refractivity contribution in [2.45, 2.75) is 38.2 Å². The molecule has 1 saturated carbocycles. The Hall–Kier alpha value is -2.24. The summed E-state index contributed by atoms with van der Waals surface area (Å²) >= 11 is 0. The summed E-state index contributed by atoms with van der Waals surface area (Å²) < 4.78 is 16.2. The van der Waals surface area contributed by atoms with Gasteiger partial charge in [-0.05, 0) is 37.8 Å².